The Morgan fingerprint density at radius 3 is 2.48 bits per heavy atom. The third kappa shape index (κ3) is 2.99. The predicted octanol–water partition coefficient (Wildman–Crippen LogP) is 5.39. The van der Waals surface area contributed by atoms with E-state index in [4.69, 9.17) is 11.6 Å². The minimum atomic E-state index is -1.39. The molecule has 1 fully saturated rings. The number of aliphatic carboxylic acids is 1. The van der Waals surface area contributed by atoms with Gasteiger partial charge in [-0.2, -0.15) is 0 Å². The van der Waals surface area contributed by atoms with Crippen LogP contribution in [0.2, 0.25) is 5.02 Å². The van der Waals surface area contributed by atoms with Crippen molar-refractivity contribution in [2.75, 3.05) is 6.54 Å². The molecule has 4 nitrogen and oxygen atoms in total. The number of Topliss-reactive ketones (excluding diaryl/α,β-unsaturated/α-hetero) is 1. The van der Waals surface area contributed by atoms with E-state index < -0.39 is 34.0 Å². The lowest BCUT2D eigenvalue weighted by molar-refractivity contribution is -0.132. The lowest BCUT2D eigenvalue weighted by Crippen LogP contribution is -2.54. The number of hydrogen-bond donors (Lipinski definition) is 1. The fourth-order valence-electron chi connectivity index (χ4n) is 4.03. The van der Waals surface area contributed by atoms with Gasteiger partial charge in [0.2, 0.25) is 5.78 Å². The first-order valence-corrected chi connectivity index (χ1v) is 10.3. The van der Waals surface area contributed by atoms with Gasteiger partial charge < -0.3 is 5.11 Å². The molecule has 0 radical (unpaired) electrons. The van der Waals surface area contributed by atoms with E-state index in [9.17, 15) is 23.5 Å². The van der Waals surface area contributed by atoms with E-state index in [1.807, 2.05) is 25.1 Å². The van der Waals surface area contributed by atoms with Gasteiger partial charge in [-0.3, -0.25) is 4.79 Å². The number of rotatable bonds is 5. The lowest BCUT2D eigenvalue weighted by atomic mass is 9.94. The molecule has 2 aromatic rings. The van der Waals surface area contributed by atoms with Crippen molar-refractivity contribution in [1.29, 1.82) is 0 Å². The number of benzene rings is 2. The van der Waals surface area contributed by atoms with E-state index in [1.54, 1.807) is 12.1 Å². The van der Waals surface area contributed by atoms with Crippen molar-refractivity contribution < 1.29 is 23.5 Å². The van der Waals surface area contributed by atoms with Gasteiger partial charge in [-0.05, 0) is 36.9 Å². The monoisotopic (exact) mass is 436 g/mol. The maximum Gasteiger partial charge on any atom is 0.346 e. The summed E-state index contributed by atoms with van der Waals surface area (Å²) in [6.07, 6.45) is 1.53. The highest BCUT2D eigenvalue weighted by molar-refractivity contribution is 8.03. The van der Waals surface area contributed by atoms with Gasteiger partial charge in [0.15, 0.2) is 27.9 Å². The molecule has 0 spiro atoms. The number of halogens is 3. The second-order valence-electron chi connectivity index (χ2n) is 7.03. The first kappa shape index (κ1) is 20.1. The van der Waals surface area contributed by atoms with E-state index >= 15 is 0 Å². The average molecular weight is 437 g/mol. The molecule has 1 aliphatic carbocycles. The molecule has 1 unspecified atom stereocenters. The summed E-state index contributed by atoms with van der Waals surface area (Å²) in [7, 11) is 0. The van der Waals surface area contributed by atoms with Gasteiger partial charge in [-0.1, -0.05) is 29.8 Å². The van der Waals surface area contributed by atoms with Crippen LogP contribution in [0.15, 0.2) is 51.9 Å². The average Bonchev–Trinajstić information content (AvgIpc) is 3.54. The number of ketones is 1. The molecule has 8 heteroatoms. The lowest BCUT2D eigenvalue weighted by Gasteiger charge is -2.42. The van der Waals surface area contributed by atoms with Crippen LogP contribution in [0.1, 0.15) is 30.1 Å². The number of carbonyl (C=O) groups excluding carboxylic acids is 1. The molecule has 1 N–H and O–H groups in total. The summed E-state index contributed by atoms with van der Waals surface area (Å²) in [6.45, 7) is 2.18. The number of fused-ring (bicyclic) bond motifs is 1. The highest BCUT2D eigenvalue weighted by Crippen LogP contribution is 2.55. The number of carboxylic acid groups (broad SMARTS) is 1. The molecule has 1 aliphatic heterocycles. The standard InChI is InChI=1S/C21H16ClF2NO3S/c1-2-25(11-8-9-11)18-13(10-14(23)17(24)16(18)22)19(26)15(21(27)28)20(25)29-12-6-4-3-5-7-12/h3-7,10-11H,2,8-9H2,1H3/p+1. The third-order valence-electron chi connectivity index (χ3n) is 5.42. The number of carboxylic acids is 1. The summed E-state index contributed by atoms with van der Waals surface area (Å²) < 4.78 is 28.5. The van der Waals surface area contributed by atoms with E-state index in [0.717, 1.165) is 35.6 Å². The fraction of sp³-hybridized carbons (Fsp3) is 0.238. The number of thioether (sulfide) groups is 1. The molecule has 0 amide bonds. The van der Waals surface area contributed by atoms with Crippen molar-refractivity contribution in [3.63, 3.8) is 0 Å². The zero-order valence-corrected chi connectivity index (χ0v) is 17.0. The van der Waals surface area contributed by atoms with E-state index in [-0.39, 0.29) is 21.8 Å². The van der Waals surface area contributed by atoms with Gasteiger partial charge in [-0.25, -0.2) is 18.1 Å². The Morgan fingerprint density at radius 1 is 1.28 bits per heavy atom. The molecule has 29 heavy (non-hydrogen) atoms. The van der Waals surface area contributed by atoms with Crippen LogP contribution < -0.4 is 4.48 Å². The van der Waals surface area contributed by atoms with Gasteiger partial charge >= 0.3 is 5.97 Å². The van der Waals surface area contributed by atoms with Crippen LogP contribution >= 0.6 is 23.4 Å². The van der Waals surface area contributed by atoms with Gasteiger partial charge in [0.05, 0.1) is 18.2 Å². The SMILES string of the molecule is CC[N+]1(C2CC2)C(Sc2ccccc2)=C(C(=O)O)C(=O)c2cc(F)c(F)c(Cl)c21. The molecule has 0 saturated heterocycles. The number of quaternary nitrogens is 1. The minimum absolute atomic E-state index is 0.0604. The summed E-state index contributed by atoms with van der Waals surface area (Å²) in [6, 6.07) is 9.77. The van der Waals surface area contributed by atoms with E-state index in [1.165, 1.54) is 0 Å². The van der Waals surface area contributed by atoms with Crippen LogP contribution in [0.5, 0.6) is 0 Å². The van der Waals surface area contributed by atoms with Crippen LogP contribution in [0.3, 0.4) is 0 Å². The Kier molecular flexibility index (Phi) is 5.01. The van der Waals surface area contributed by atoms with Gasteiger partial charge in [0.1, 0.15) is 5.02 Å². The first-order chi connectivity index (χ1) is 13.8. The molecule has 1 saturated carbocycles. The smallest absolute Gasteiger partial charge is 0.346 e. The second-order valence-corrected chi connectivity index (χ2v) is 8.47. The Hall–Kier alpha value is -2.22. The van der Waals surface area contributed by atoms with Gasteiger partial charge in [-0.15, -0.1) is 0 Å². The largest absolute Gasteiger partial charge is 0.477 e. The zero-order chi connectivity index (χ0) is 20.9. The summed E-state index contributed by atoms with van der Waals surface area (Å²) >= 11 is 7.41. The summed E-state index contributed by atoms with van der Waals surface area (Å²) in [5.74, 6) is -4.74. The summed E-state index contributed by atoms with van der Waals surface area (Å²) in [4.78, 5) is 26.0. The highest BCUT2D eigenvalue weighted by Gasteiger charge is 2.57. The quantitative estimate of drug-likeness (QED) is 0.387. The van der Waals surface area contributed by atoms with E-state index in [2.05, 4.69) is 0 Å². The highest BCUT2D eigenvalue weighted by atomic mass is 35.5. The summed E-state index contributed by atoms with van der Waals surface area (Å²) in [5.41, 5.74) is -0.441. The maximum atomic E-state index is 14.5. The molecule has 150 valence electrons. The fourth-order valence-corrected chi connectivity index (χ4v) is 5.70. The van der Waals surface area contributed by atoms with Gasteiger partial charge in [0, 0.05) is 17.7 Å². The predicted molar refractivity (Wildman–Crippen MR) is 108 cm³/mol. The van der Waals surface area contributed by atoms with Crippen molar-refractivity contribution in [3.05, 3.63) is 69.2 Å². The van der Waals surface area contributed by atoms with Crippen LogP contribution in [0.4, 0.5) is 14.5 Å². The zero-order valence-electron chi connectivity index (χ0n) is 15.4. The van der Waals surface area contributed by atoms with Crippen LogP contribution in [-0.2, 0) is 4.79 Å². The third-order valence-corrected chi connectivity index (χ3v) is 7.00. The topological polar surface area (TPSA) is 54.4 Å². The Morgan fingerprint density at radius 2 is 1.93 bits per heavy atom. The molecule has 2 aliphatic rings. The molecular weight excluding hydrogens is 420 g/mol. The number of nitrogens with zero attached hydrogens (tertiary/aromatic N) is 1. The van der Waals surface area contributed by atoms with E-state index in [0.29, 0.717) is 11.6 Å². The van der Waals surface area contributed by atoms with Crippen molar-refractivity contribution in [2.45, 2.75) is 30.7 Å². The Balaban J connectivity index is 2.07. The van der Waals surface area contributed by atoms with Crippen molar-refractivity contribution in [1.82, 2.24) is 4.48 Å². The van der Waals surface area contributed by atoms with Crippen LogP contribution in [0, 0.1) is 11.6 Å². The molecule has 1 heterocycles. The van der Waals surface area contributed by atoms with Crippen LogP contribution in [-0.4, -0.2) is 29.4 Å². The van der Waals surface area contributed by atoms with Crippen molar-refractivity contribution >= 4 is 40.8 Å². The number of carbonyl (C=O) groups is 2. The summed E-state index contributed by atoms with van der Waals surface area (Å²) in [5, 5.41) is 9.73. The molecule has 4 rings (SSSR count). The maximum absolute atomic E-state index is 14.5. The Bertz CT molecular complexity index is 1070. The van der Waals surface area contributed by atoms with Crippen molar-refractivity contribution in [2.24, 2.45) is 0 Å². The number of hydrogen-bond acceptors (Lipinski definition) is 3. The van der Waals surface area contributed by atoms with Crippen LogP contribution in [0.25, 0.3) is 0 Å². The van der Waals surface area contributed by atoms with Gasteiger partial charge in [0.25, 0.3) is 0 Å². The first-order valence-electron chi connectivity index (χ1n) is 9.14. The Labute approximate surface area is 175 Å². The molecular formula is C21H17ClF2NO3S+. The molecule has 1 atom stereocenters. The molecule has 2 aromatic carbocycles. The normalized spacial score (nSPS) is 21.3. The molecule has 0 bridgehead atoms. The minimum Gasteiger partial charge on any atom is -0.477 e. The molecule has 0 aromatic heterocycles. The second kappa shape index (κ2) is 7.23. The van der Waals surface area contributed by atoms with Crippen molar-refractivity contribution in [3.8, 4) is 0 Å².